The van der Waals surface area contributed by atoms with Gasteiger partial charge in [0.25, 0.3) is 5.91 Å². The maximum absolute atomic E-state index is 12.5. The van der Waals surface area contributed by atoms with Crippen molar-refractivity contribution in [1.82, 2.24) is 15.2 Å². The maximum atomic E-state index is 12.5. The van der Waals surface area contributed by atoms with Gasteiger partial charge in [-0.05, 0) is 28.5 Å². The summed E-state index contributed by atoms with van der Waals surface area (Å²) in [7, 11) is 0. The van der Waals surface area contributed by atoms with Crippen molar-refractivity contribution < 1.29 is 9.59 Å². The van der Waals surface area contributed by atoms with Crippen LogP contribution in [0.5, 0.6) is 0 Å². The lowest BCUT2D eigenvalue weighted by Gasteiger charge is -2.18. The van der Waals surface area contributed by atoms with Gasteiger partial charge in [-0.3, -0.25) is 9.59 Å². The maximum Gasteiger partial charge on any atom is 0.253 e. The van der Waals surface area contributed by atoms with Crippen molar-refractivity contribution in [1.29, 1.82) is 5.26 Å². The van der Waals surface area contributed by atoms with Gasteiger partial charge in [0.1, 0.15) is 11.8 Å². The lowest BCUT2D eigenvalue weighted by atomic mass is 10.0. The number of carbonyl (C=O) groups excluding carboxylic acids is 2. The first-order chi connectivity index (χ1) is 13.6. The lowest BCUT2D eigenvalue weighted by molar-refractivity contribution is -0.128. The zero-order valence-corrected chi connectivity index (χ0v) is 15.1. The number of pyridine rings is 1. The monoisotopic (exact) mass is 370 g/mol. The zero-order valence-electron chi connectivity index (χ0n) is 15.1. The number of aromatic nitrogens is 1. The highest BCUT2D eigenvalue weighted by molar-refractivity contribution is 5.95. The summed E-state index contributed by atoms with van der Waals surface area (Å²) in [5.41, 5.74) is 1.72. The molecule has 0 bridgehead atoms. The van der Waals surface area contributed by atoms with Crippen LogP contribution in [0.25, 0.3) is 10.8 Å². The molecule has 2 heterocycles. The first-order valence-electron chi connectivity index (χ1n) is 9.05. The minimum Gasteiger partial charge on any atom is -0.347 e. The van der Waals surface area contributed by atoms with E-state index < -0.39 is 0 Å². The number of likely N-dealkylation sites (tertiary alicyclic amines) is 1. The third kappa shape index (κ3) is 3.55. The molecule has 1 aliphatic heterocycles. The van der Waals surface area contributed by atoms with Crippen LogP contribution in [0.15, 0.2) is 60.8 Å². The smallest absolute Gasteiger partial charge is 0.253 e. The van der Waals surface area contributed by atoms with Crippen molar-refractivity contribution in [3.8, 4) is 6.07 Å². The average molecular weight is 370 g/mol. The molecule has 2 aromatic carbocycles. The molecule has 3 aromatic rings. The quantitative estimate of drug-likeness (QED) is 0.765. The van der Waals surface area contributed by atoms with Gasteiger partial charge in [0.2, 0.25) is 5.91 Å². The van der Waals surface area contributed by atoms with Gasteiger partial charge in [-0.15, -0.1) is 0 Å². The van der Waals surface area contributed by atoms with Crippen molar-refractivity contribution in [3.63, 3.8) is 0 Å². The van der Waals surface area contributed by atoms with Gasteiger partial charge in [0, 0.05) is 25.7 Å². The molecule has 28 heavy (non-hydrogen) atoms. The molecule has 138 valence electrons. The number of nitrogens with one attached hydrogen (secondary N) is 1. The molecule has 1 aliphatic rings. The Kier molecular flexibility index (Phi) is 4.73. The average Bonchev–Trinajstić information content (AvgIpc) is 3.07. The van der Waals surface area contributed by atoms with Crippen LogP contribution >= 0.6 is 0 Å². The molecule has 0 saturated carbocycles. The molecule has 2 amide bonds. The van der Waals surface area contributed by atoms with Crippen molar-refractivity contribution in [2.45, 2.75) is 19.0 Å². The Labute approximate surface area is 162 Å². The lowest BCUT2D eigenvalue weighted by Crippen LogP contribution is -2.37. The first-order valence-corrected chi connectivity index (χ1v) is 9.05. The fourth-order valence-electron chi connectivity index (χ4n) is 3.52. The van der Waals surface area contributed by atoms with Crippen molar-refractivity contribution in [2.24, 2.45) is 0 Å². The van der Waals surface area contributed by atoms with Gasteiger partial charge < -0.3 is 10.2 Å². The van der Waals surface area contributed by atoms with E-state index in [-0.39, 0.29) is 30.0 Å². The van der Waals surface area contributed by atoms with E-state index in [4.69, 9.17) is 5.26 Å². The molecule has 1 saturated heterocycles. The Hall–Kier alpha value is -3.72. The minimum atomic E-state index is -0.290. The van der Waals surface area contributed by atoms with Gasteiger partial charge >= 0.3 is 0 Å². The summed E-state index contributed by atoms with van der Waals surface area (Å²) in [6, 6.07) is 18.9. The number of hydrogen-bond donors (Lipinski definition) is 1. The number of nitriles is 1. The molecular weight excluding hydrogens is 352 g/mol. The van der Waals surface area contributed by atoms with Crippen LogP contribution in [0.3, 0.4) is 0 Å². The predicted octanol–water partition coefficient (Wildman–Crippen LogP) is 2.64. The van der Waals surface area contributed by atoms with Crippen LogP contribution in [0.2, 0.25) is 0 Å². The highest BCUT2D eigenvalue weighted by Crippen LogP contribution is 2.22. The SMILES string of the molecule is N#Cc1ccc(C(=O)N[C@H]2CC(=O)N(Cc3cccc4ccccc34)C2)cn1. The van der Waals surface area contributed by atoms with Gasteiger partial charge in [0.05, 0.1) is 11.6 Å². The van der Waals surface area contributed by atoms with Crippen LogP contribution in [-0.2, 0) is 11.3 Å². The summed E-state index contributed by atoms with van der Waals surface area (Å²) in [6.45, 7) is 0.989. The Bertz CT molecular complexity index is 1080. The molecular formula is C22H18N4O2. The molecule has 0 aliphatic carbocycles. The Morgan fingerprint density at radius 3 is 2.79 bits per heavy atom. The van der Waals surface area contributed by atoms with E-state index >= 15 is 0 Å². The number of nitrogens with zero attached hydrogens (tertiary/aromatic N) is 3. The summed E-state index contributed by atoms with van der Waals surface area (Å²) in [6.07, 6.45) is 1.65. The highest BCUT2D eigenvalue weighted by atomic mass is 16.2. The molecule has 1 N–H and O–H groups in total. The minimum absolute atomic E-state index is 0.0242. The second kappa shape index (κ2) is 7.49. The largest absolute Gasteiger partial charge is 0.347 e. The number of rotatable bonds is 4. The van der Waals surface area contributed by atoms with E-state index in [9.17, 15) is 9.59 Å². The van der Waals surface area contributed by atoms with E-state index in [2.05, 4.69) is 28.5 Å². The second-order valence-corrected chi connectivity index (χ2v) is 6.83. The van der Waals surface area contributed by atoms with Gasteiger partial charge in [-0.2, -0.15) is 5.26 Å². The fraction of sp³-hybridized carbons (Fsp3) is 0.182. The molecule has 6 nitrogen and oxygen atoms in total. The highest BCUT2D eigenvalue weighted by Gasteiger charge is 2.31. The van der Waals surface area contributed by atoms with E-state index in [0.29, 0.717) is 18.7 Å². The van der Waals surface area contributed by atoms with Crippen LogP contribution < -0.4 is 5.32 Å². The third-order valence-corrected chi connectivity index (χ3v) is 4.93. The second-order valence-electron chi connectivity index (χ2n) is 6.83. The summed E-state index contributed by atoms with van der Waals surface area (Å²) in [5.74, 6) is -0.266. The predicted molar refractivity (Wildman–Crippen MR) is 104 cm³/mol. The third-order valence-electron chi connectivity index (χ3n) is 4.93. The van der Waals surface area contributed by atoms with Crippen LogP contribution in [0.1, 0.15) is 28.0 Å². The van der Waals surface area contributed by atoms with Crippen molar-refractivity contribution in [2.75, 3.05) is 6.54 Å². The van der Waals surface area contributed by atoms with Crippen LogP contribution in [0, 0.1) is 11.3 Å². The summed E-state index contributed by atoms with van der Waals surface area (Å²) < 4.78 is 0. The number of fused-ring (bicyclic) bond motifs is 1. The van der Waals surface area contributed by atoms with E-state index in [1.807, 2.05) is 30.3 Å². The Morgan fingerprint density at radius 2 is 2.00 bits per heavy atom. The topological polar surface area (TPSA) is 86.1 Å². The van der Waals surface area contributed by atoms with Crippen LogP contribution in [0.4, 0.5) is 0 Å². The van der Waals surface area contributed by atoms with Gasteiger partial charge in [-0.1, -0.05) is 42.5 Å². The van der Waals surface area contributed by atoms with E-state index in [0.717, 1.165) is 16.3 Å². The summed E-state index contributed by atoms with van der Waals surface area (Å²) >= 11 is 0. The molecule has 4 rings (SSSR count). The molecule has 0 spiro atoms. The molecule has 1 atom stereocenters. The van der Waals surface area contributed by atoms with Crippen molar-refractivity contribution in [3.05, 3.63) is 77.6 Å². The number of benzene rings is 2. The molecule has 0 unspecified atom stereocenters. The number of amides is 2. The summed E-state index contributed by atoms with van der Waals surface area (Å²) in [5, 5.41) is 14.0. The normalized spacial score (nSPS) is 16.2. The fourth-order valence-corrected chi connectivity index (χ4v) is 3.52. The number of carbonyl (C=O) groups is 2. The van der Waals surface area contributed by atoms with Crippen LogP contribution in [-0.4, -0.2) is 34.3 Å². The molecule has 0 radical (unpaired) electrons. The van der Waals surface area contributed by atoms with E-state index in [1.165, 1.54) is 12.3 Å². The zero-order chi connectivity index (χ0) is 19.5. The van der Waals surface area contributed by atoms with Gasteiger partial charge in [-0.25, -0.2) is 4.98 Å². The molecule has 1 fully saturated rings. The molecule has 6 heteroatoms. The first kappa shape index (κ1) is 17.7. The van der Waals surface area contributed by atoms with Gasteiger partial charge in [0.15, 0.2) is 0 Å². The summed E-state index contributed by atoms with van der Waals surface area (Å²) in [4.78, 5) is 30.5. The Morgan fingerprint density at radius 1 is 1.18 bits per heavy atom. The Balaban J connectivity index is 1.43. The molecule has 1 aromatic heterocycles. The van der Waals surface area contributed by atoms with Crippen molar-refractivity contribution >= 4 is 22.6 Å². The number of hydrogen-bond acceptors (Lipinski definition) is 4. The van der Waals surface area contributed by atoms with E-state index in [1.54, 1.807) is 11.0 Å². The standard InChI is InChI=1S/C22H18N4O2/c23-11-18-9-8-16(12-24-18)22(28)25-19-10-21(27)26(14-19)13-17-6-3-5-15-4-1-2-7-20(15)17/h1-9,12,19H,10,13-14H2,(H,25,28)/t19-/m0/s1.